The van der Waals surface area contributed by atoms with Crippen molar-refractivity contribution >= 4 is 11.8 Å². The highest BCUT2D eigenvalue weighted by atomic mass is 16.5. The molecule has 25 heavy (non-hydrogen) atoms. The lowest BCUT2D eigenvalue weighted by Crippen LogP contribution is -2.53. The number of carbonyl (C=O) groups is 2. The Labute approximate surface area is 148 Å². The van der Waals surface area contributed by atoms with Crippen LogP contribution in [0.15, 0.2) is 24.3 Å². The molecule has 5 heteroatoms. The van der Waals surface area contributed by atoms with Gasteiger partial charge in [0, 0.05) is 25.7 Å². The minimum atomic E-state index is -0.126. The monoisotopic (exact) mass is 342 g/mol. The summed E-state index contributed by atoms with van der Waals surface area (Å²) in [5.74, 6) is -0.253. The summed E-state index contributed by atoms with van der Waals surface area (Å²) in [6.45, 7) is 0.864. The number of ether oxygens (including phenoxy) is 1. The number of fused-ring (bicyclic) bond motifs is 1. The van der Waals surface area contributed by atoms with Crippen LogP contribution < -0.4 is 5.32 Å². The van der Waals surface area contributed by atoms with Crippen molar-refractivity contribution < 1.29 is 14.3 Å². The van der Waals surface area contributed by atoms with E-state index in [1.165, 1.54) is 11.3 Å². The first-order valence-corrected chi connectivity index (χ1v) is 9.39. The van der Waals surface area contributed by atoms with Gasteiger partial charge < -0.3 is 10.1 Å². The highest BCUT2D eigenvalue weighted by molar-refractivity contribution is 6.21. The molecule has 2 fully saturated rings. The molecule has 2 atom stereocenters. The number of rotatable bonds is 5. The molecule has 0 radical (unpaired) electrons. The van der Waals surface area contributed by atoms with Gasteiger partial charge in [0.15, 0.2) is 0 Å². The molecule has 0 aromatic heterocycles. The van der Waals surface area contributed by atoms with E-state index in [1.807, 2.05) is 12.1 Å². The summed E-state index contributed by atoms with van der Waals surface area (Å²) in [6, 6.07) is 7.50. The SMILES string of the molecule is COC1(CN[C@@H]2CCC[C@@H](N3C(=O)c4ccccc4C3=O)C2)CCC1. The number of hydrogen-bond acceptors (Lipinski definition) is 4. The third-order valence-corrected chi connectivity index (χ3v) is 6.25. The average Bonchev–Trinajstić information content (AvgIpc) is 2.86. The first-order chi connectivity index (χ1) is 12.1. The molecule has 1 aromatic rings. The van der Waals surface area contributed by atoms with Crippen LogP contribution in [-0.4, -0.2) is 48.1 Å². The summed E-state index contributed by atoms with van der Waals surface area (Å²) in [4.78, 5) is 26.9. The molecule has 3 aliphatic rings. The molecule has 2 saturated carbocycles. The molecule has 2 amide bonds. The van der Waals surface area contributed by atoms with Gasteiger partial charge in [-0.25, -0.2) is 0 Å². The van der Waals surface area contributed by atoms with Crippen LogP contribution in [0.2, 0.25) is 0 Å². The molecule has 0 unspecified atom stereocenters. The van der Waals surface area contributed by atoms with Crippen molar-refractivity contribution in [2.75, 3.05) is 13.7 Å². The number of nitrogens with one attached hydrogen (secondary N) is 1. The zero-order valence-electron chi connectivity index (χ0n) is 14.8. The quantitative estimate of drug-likeness (QED) is 0.836. The van der Waals surface area contributed by atoms with Crippen molar-refractivity contribution in [2.24, 2.45) is 0 Å². The maximum Gasteiger partial charge on any atom is 0.261 e. The maximum atomic E-state index is 12.7. The molecule has 0 bridgehead atoms. The van der Waals surface area contributed by atoms with Gasteiger partial charge in [0.1, 0.15) is 0 Å². The van der Waals surface area contributed by atoms with Crippen molar-refractivity contribution in [3.05, 3.63) is 35.4 Å². The standard InChI is InChI=1S/C20H26N2O3/c1-25-20(10-5-11-20)13-21-14-6-4-7-15(12-14)22-18(23)16-8-2-3-9-17(16)19(22)24/h2-3,8-9,14-15,21H,4-7,10-13H2,1H3/t14-,15-/m1/s1. The number of benzene rings is 1. The highest BCUT2D eigenvalue weighted by Gasteiger charge is 2.42. The lowest BCUT2D eigenvalue weighted by molar-refractivity contribution is -0.0717. The van der Waals surface area contributed by atoms with Crippen LogP contribution in [0.4, 0.5) is 0 Å². The van der Waals surface area contributed by atoms with E-state index in [2.05, 4.69) is 5.32 Å². The van der Waals surface area contributed by atoms with E-state index in [-0.39, 0.29) is 23.5 Å². The Morgan fingerprint density at radius 2 is 1.80 bits per heavy atom. The minimum absolute atomic E-state index is 0.00136. The van der Waals surface area contributed by atoms with Gasteiger partial charge in [0.25, 0.3) is 11.8 Å². The Morgan fingerprint density at radius 1 is 1.12 bits per heavy atom. The highest BCUT2D eigenvalue weighted by Crippen LogP contribution is 2.35. The van der Waals surface area contributed by atoms with Gasteiger partial charge in [0.2, 0.25) is 0 Å². The summed E-state index contributed by atoms with van der Waals surface area (Å²) in [6.07, 6.45) is 7.34. The second-order valence-corrected chi connectivity index (χ2v) is 7.66. The molecule has 4 rings (SSSR count). The van der Waals surface area contributed by atoms with Crippen LogP contribution in [-0.2, 0) is 4.74 Å². The minimum Gasteiger partial charge on any atom is -0.377 e. The Balaban J connectivity index is 1.42. The van der Waals surface area contributed by atoms with Crippen molar-refractivity contribution in [3.8, 4) is 0 Å². The normalized spacial score (nSPS) is 28.0. The zero-order valence-corrected chi connectivity index (χ0v) is 14.8. The van der Waals surface area contributed by atoms with Gasteiger partial charge in [0.05, 0.1) is 16.7 Å². The number of hydrogen-bond donors (Lipinski definition) is 1. The van der Waals surface area contributed by atoms with Gasteiger partial charge in [-0.05, 0) is 57.1 Å². The Morgan fingerprint density at radius 3 is 2.36 bits per heavy atom. The fraction of sp³-hybridized carbons (Fsp3) is 0.600. The molecule has 1 N–H and O–H groups in total. The fourth-order valence-electron chi connectivity index (χ4n) is 4.48. The number of amides is 2. The lowest BCUT2D eigenvalue weighted by Gasteiger charge is -2.43. The molecular weight excluding hydrogens is 316 g/mol. The van der Waals surface area contributed by atoms with Gasteiger partial charge in [-0.3, -0.25) is 14.5 Å². The van der Waals surface area contributed by atoms with E-state index in [0.29, 0.717) is 17.2 Å². The second kappa shape index (κ2) is 6.54. The Bertz CT molecular complexity index is 643. The van der Waals surface area contributed by atoms with Crippen LogP contribution >= 0.6 is 0 Å². The van der Waals surface area contributed by atoms with Gasteiger partial charge in [-0.2, -0.15) is 0 Å². The maximum absolute atomic E-state index is 12.7. The van der Waals surface area contributed by atoms with Crippen molar-refractivity contribution in [2.45, 2.75) is 62.6 Å². The smallest absolute Gasteiger partial charge is 0.261 e. The summed E-state index contributed by atoms with van der Waals surface area (Å²) in [7, 11) is 1.79. The second-order valence-electron chi connectivity index (χ2n) is 7.66. The number of nitrogens with zero attached hydrogens (tertiary/aromatic N) is 1. The van der Waals surface area contributed by atoms with Crippen LogP contribution in [0, 0.1) is 0 Å². The predicted octanol–water partition coefficient (Wildman–Crippen LogP) is 2.75. The van der Waals surface area contributed by atoms with Crippen LogP contribution in [0.25, 0.3) is 0 Å². The van der Waals surface area contributed by atoms with Crippen molar-refractivity contribution in [3.63, 3.8) is 0 Å². The largest absolute Gasteiger partial charge is 0.377 e. The van der Waals surface area contributed by atoms with E-state index < -0.39 is 0 Å². The van der Waals surface area contributed by atoms with Crippen LogP contribution in [0.5, 0.6) is 0 Å². The summed E-state index contributed by atoms with van der Waals surface area (Å²) in [5.41, 5.74) is 1.11. The van der Waals surface area contributed by atoms with E-state index in [4.69, 9.17) is 4.74 Å². The third-order valence-electron chi connectivity index (χ3n) is 6.25. The number of imide groups is 1. The Kier molecular flexibility index (Phi) is 4.38. The molecule has 1 heterocycles. The van der Waals surface area contributed by atoms with Crippen LogP contribution in [0.1, 0.15) is 65.7 Å². The molecule has 1 aromatic carbocycles. The summed E-state index contributed by atoms with van der Waals surface area (Å²) in [5, 5.41) is 3.65. The predicted molar refractivity (Wildman–Crippen MR) is 94.6 cm³/mol. The van der Waals surface area contributed by atoms with Gasteiger partial charge in [-0.1, -0.05) is 12.1 Å². The molecule has 0 spiro atoms. The summed E-state index contributed by atoms with van der Waals surface area (Å²) >= 11 is 0. The topological polar surface area (TPSA) is 58.6 Å². The van der Waals surface area contributed by atoms with Crippen molar-refractivity contribution in [1.82, 2.24) is 10.2 Å². The number of methoxy groups -OCH3 is 1. The molecule has 134 valence electrons. The van der Waals surface area contributed by atoms with E-state index >= 15 is 0 Å². The third kappa shape index (κ3) is 2.89. The molecule has 2 aliphatic carbocycles. The van der Waals surface area contributed by atoms with E-state index in [1.54, 1.807) is 19.2 Å². The van der Waals surface area contributed by atoms with Gasteiger partial charge in [-0.15, -0.1) is 0 Å². The summed E-state index contributed by atoms with van der Waals surface area (Å²) < 4.78 is 5.69. The Hall–Kier alpha value is -1.72. The van der Waals surface area contributed by atoms with E-state index in [9.17, 15) is 9.59 Å². The first kappa shape index (κ1) is 16.7. The molecular formula is C20H26N2O3. The van der Waals surface area contributed by atoms with Crippen molar-refractivity contribution in [1.29, 1.82) is 0 Å². The average molecular weight is 342 g/mol. The lowest BCUT2D eigenvalue weighted by atomic mass is 9.79. The molecule has 5 nitrogen and oxygen atoms in total. The van der Waals surface area contributed by atoms with Crippen LogP contribution in [0.3, 0.4) is 0 Å². The molecule has 0 saturated heterocycles. The zero-order chi connectivity index (χ0) is 17.4. The fourth-order valence-corrected chi connectivity index (χ4v) is 4.48. The molecule has 1 aliphatic heterocycles. The van der Waals surface area contributed by atoms with Gasteiger partial charge >= 0.3 is 0 Å². The first-order valence-electron chi connectivity index (χ1n) is 9.39. The number of carbonyl (C=O) groups excluding carboxylic acids is 2. The van der Waals surface area contributed by atoms with E-state index in [0.717, 1.165) is 45.1 Å².